The number of hydrogen-bond donors (Lipinski definition) is 1. The van der Waals surface area contributed by atoms with Crippen molar-refractivity contribution in [2.75, 3.05) is 23.3 Å². The van der Waals surface area contributed by atoms with Gasteiger partial charge >= 0.3 is 5.69 Å². The van der Waals surface area contributed by atoms with Gasteiger partial charge in [-0.15, -0.1) is 0 Å². The lowest BCUT2D eigenvalue weighted by Gasteiger charge is -2.17. The molecule has 25 heavy (non-hydrogen) atoms. The van der Waals surface area contributed by atoms with E-state index in [9.17, 15) is 14.4 Å². The molecule has 1 aliphatic heterocycles. The van der Waals surface area contributed by atoms with E-state index in [1.807, 2.05) is 14.0 Å². The van der Waals surface area contributed by atoms with Crippen LogP contribution in [0.25, 0.3) is 0 Å². The van der Waals surface area contributed by atoms with Crippen LogP contribution in [0.5, 0.6) is 0 Å². The fourth-order valence-corrected chi connectivity index (χ4v) is 3.02. The van der Waals surface area contributed by atoms with Crippen molar-refractivity contribution in [1.29, 1.82) is 0 Å². The second-order valence-electron chi connectivity index (χ2n) is 6.32. The number of anilines is 2. The van der Waals surface area contributed by atoms with Crippen molar-refractivity contribution in [1.82, 2.24) is 18.9 Å². The minimum atomic E-state index is -0.541. The molecule has 1 fully saturated rings. The highest BCUT2D eigenvalue weighted by molar-refractivity contribution is 6.05. The van der Waals surface area contributed by atoms with Crippen LogP contribution in [-0.2, 0) is 21.1 Å². The Bertz CT molecular complexity index is 946. The van der Waals surface area contributed by atoms with Gasteiger partial charge in [0.2, 0.25) is 0 Å². The number of nitrogens with zero attached hydrogens (tertiary/aromatic N) is 5. The molecule has 0 atom stereocenters. The summed E-state index contributed by atoms with van der Waals surface area (Å²) in [5, 5.41) is 7.34. The Labute approximate surface area is 144 Å². The summed E-state index contributed by atoms with van der Waals surface area (Å²) < 4.78 is 3.84. The molecule has 1 N–H and O–H groups in total. The van der Waals surface area contributed by atoms with Crippen molar-refractivity contribution in [2.45, 2.75) is 19.8 Å². The van der Waals surface area contributed by atoms with Gasteiger partial charge < -0.3 is 10.2 Å². The maximum absolute atomic E-state index is 12.7. The topological polar surface area (TPSA) is 94.2 Å². The fraction of sp³-hybridized carbons (Fsp3) is 0.500. The molecular weight excluding hydrogens is 324 g/mol. The first-order chi connectivity index (χ1) is 11.8. The molecule has 1 saturated heterocycles. The van der Waals surface area contributed by atoms with Crippen LogP contribution in [0.3, 0.4) is 0 Å². The zero-order valence-corrected chi connectivity index (χ0v) is 14.9. The summed E-state index contributed by atoms with van der Waals surface area (Å²) in [5.74, 6) is 0.216. The van der Waals surface area contributed by atoms with Gasteiger partial charge in [0.1, 0.15) is 11.4 Å². The highest BCUT2D eigenvalue weighted by Gasteiger charge is 2.24. The van der Waals surface area contributed by atoms with Crippen molar-refractivity contribution in [3.63, 3.8) is 0 Å². The Hall–Kier alpha value is -2.84. The van der Waals surface area contributed by atoms with Gasteiger partial charge in [-0.25, -0.2) is 4.79 Å². The predicted octanol–water partition coefficient (Wildman–Crippen LogP) is -0.0216. The Morgan fingerprint density at radius 3 is 2.40 bits per heavy atom. The van der Waals surface area contributed by atoms with E-state index < -0.39 is 17.2 Å². The second-order valence-corrected chi connectivity index (χ2v) is 6.32. The summed E-state index contributed by atoms with van der Waals surface area (Å²) in [7, 11) is 4.66. The van der Waals surface area contributed by atoms with Crippen molar-refractivity contribution in [3.05, 3.63) is 38.3 Å². The molecule has 9 nitrogen and oxygen atoms in total. The number of carbonyl (C=O) groups is 1. The SMILES string of the molecule is Cc1c(NC(=O)c2cc(=O)n(C)c(=O)n2C)c(N2CCCC2)nn1C. The van der Waals surface area contributed by atoms with E-state index in [0.717, 1.165) is 52.6 Å². The first kappa shape index (κ1) is 17.0. The molecule has 0 unspecified atom stereocenters. The standard InChI is InChI=1S/C16H22N6O3/c1-10-13(14(18-21(10)4)22-7-5-6-8-22)17-15(24)11-9-12(23)20(3)16(25)19(11)2/h9H,5-8H2,1-4H3,(H,17,24). The Morgan fingerprint density at radius 2 is 1.76 bits per heavy atom. The van der Waals surface area contributed by atoms with Gasteiger partial charge in [0.15, 0.2) is 5.82 Å². The third-order valence-corrected chi connectivity index (χ3v) is 4.72. The fourth-order valence-electron chi connectivity index (χ4n) is 3.02. The minimum Gasteiger partial charge on any atom is -0.353 e. The monoisotopic (exact) mass is 346 g/mol. The molecule has 0 bridgehead atoms. The van der Waals surface area contributed by atoms with Gasteiger partial charge in [0, 0.05) is 40.3 Å². The van der Waals surface area contributed by atoms with Gasteiger partial charge in [0.25, 0.3) is 11.5 Å². The van der Waals surface area contributed by atoms with E-state index in [2.05, 4.69) is 15.3 Å². The molecule has 9 heteroatoms. The highest BCUT2D eigenvalue weighted by Crippen LogP contribution is 2.30. The van der Waals surface area contributed by atoms with E-state index in [1.165, 1.54) is 14.1 Å². The van der Waals surface area contributed by atoms with Gasteiger partial charge in [0.05, 0.1) is 5.69 Å². The number of nitrogens with one attached hydrogen (secondary N) is 1. The molecular formula is C16H22N6O3. The maximum Gasteiger partial charge on any atom is 0.331 e. The first-order valence-electron chi connectivity index (χ1n) is 8.18. The van der Waals surface area contributed by atoms with E-state index in [-0.39, 0.29) is 5.69 Å². The number of aromatic nitrogens is 4. The molecule has 3 rings (SSSR count). The molecule has 1 aliphatic rings. The van der Waals surface area contributed by atoms with Crippen molar-refractivity contribution >= 4 is 17.4 Å². The molecule has 0 aromatic carbocycles. The van der Waals surface area contributed by atoms with Gasteiger partial charge in [-0.05, 0) is 19.8 Å². The molecule has 0 saturated carbocycles. The number of carbonyl (C=O) groups excluding carboxylic acids is 1. The lowest BCUT2D eigenvalue weighted by molar-refractivity contribution is 0.101. The normalized spacial score (nSPS) is 14.2. The largest absolute Gasteiger partial charge is 0.353 e. The van der Waals surface area contributed by atoms with Gasteiger partial charge in [-0.1, -0.05) is 0 Å². The zero-order chi connectivity index (χ0) is 18.3. The minimum absolute atomic E-state index is 0.0173. The van der Waals surface area contributed by atoms with Crippen LogP contribution in [0, 0.1) is 6.92 Å². The van der Waals surface area contributed by atoms with E-state index in [0.29, 0.717) is 5.69 Å². The molecule has 2 aromatic heterocycles. The van der Waals surface area contributed by atoms with Crippen LogP contribution in [0.4, 0.5) is 11.5 Å². The molecule has 3 heterocycles. The highest BCUT2D eigenvalue weighted by atomic mass is 16.2. The third-order valence-electron chi connectivity index (χ3n) is 4.72. The quantitative estimate of drug-likeness (QED) is 0.843. The Balaban J connectivity index is 2.00. The summed E-state index contributed by atoms with van der Waals surface area (Å²) in [6.45, 7) is 3.65. The van der Waals surface area contributed by atoms with Crippen LogP contribution in [0.1, 0.15) is 29.0 Å². The van der Waals surface area contributed by atoms with Crippen LogP contribution in [0.15, 0.2) is 15.7 Å². The average molecular weight is 346 g/mol. The van der Waals surface area contributed by atoms with Gasteiger partial charge in [-0.2, -0.15) is 5.10 Å². The number of rotatable bonds is 3. The number of amides is 1. The summed E-state index contributed by atoms with van der Waals surface area (Å²) in [4.78, 5) is 38.7. The second kappa shape index (κ2) is 6.23. The van der Waals surface area contributed by atoms with Crippen LogP contribution >= 0.6 is 0 Å². The van der Waals surface area contributed by atoms with Crippen molar-refractivity contribution in [3.8, 4) is 0 Å². The molecule has 0 aliphatic carbocycles. The Morgan fingerprint density at radius 1 is 1.12 bits per heavy atom. The first-order valence-corrected chi connectivity index (χ1v) is 8.18. The number of aryl methyl sites for hydroxylation is 1. The summed E-state index contributed by atoms with van der Waals surface area (Å²) in [6, 6.07) is 1.16. The molecule has 0 spiro atoms. The Kier molecular flexibility index (Phi) is 4.23. The van der Waals surface area contributed by atoms with Crippen molar-refractivity contribution < 1.29 is 4.79 Å². The molecule has 0 radical (unpaired) electrons. The summed E-state index contributed by atoms with van der Waals surface area (Å²) >= 11 is 0. The molecule has 134 valence electrons. The number of hydrogen-bond acceptors (Lipinski definition) is 5. The predicted molar refractivity (Wildman–Crippen MR) is 94.3 cm³/mol. The third kappa shape index (κ3) is 2.86. The summed E-state index contributed by atoms with van der Waals surface area (Å²) in [6.07, 6.45) is 2.18. The lowest BCUT2D eigenvalue weighted by Crippen LogP contribution is -2.40. The van der Waals surface area contributed by atoms with Crippen molar-refractivity contribution in [2.24, 2.45) is 21.1 Å². The van der Waals surface area contributed by atoms with Gasteiger partial charge in [-0.3, -0.25) is 23.4 Å². The maximum atomic E-state index is 12.7. The van der Waals surface area contributed by atoms with Crippen LogP contribution < -0.4 is 21.5 Å². The molecule has 2 aromatic rings. The van der Waals surface area contributed by atoms with E-state index in [1.54, 1.807) is 4.68 Å². The lowest BCUT2D eigenvalue weighted by atomic mass is 10.3. The zero-order valence-electron chi connectivity index (χ0n) is 14.9. The molecule has 1 amide bonds. The summed E-state index contributed by atoms with van der Waals surface area (Å²) in [5.41, 5.74) is 0.381. The van der Waals surface area contributed by atoms with Crippen LogP contribution in [-0.4, -0.2) is 37.9 Å². The van der Waals surface area contributed by atoms with E-state index in [4.69, 9.17) is 0 Å². The average Bonchev–Trinajstić information content (AvgIpc) is 3.20. The smallest absolute Gasteiger partial charge is 0.331 e. The van der Waals surface area contributed by atoms with Crippen LogP contribution in [0.2, 0.25) is 0 Å². The van der Waals surface area contributed by atoms with E-state index >= 15 is 0 Å².